The minimum atomic E-state index is 0.497. The Kier molecular flexibility index (Phi) is 8.15. The van der Waals surface area contributed by atoms with E-state index in [4.69, 9.17) is 15.2 Å². The summed E-state index contributed by atoms with van der Waals surface area (Å²) in [5, 5.41) is 0. The predicted octanol–water partition coefficient (Wildman–Crippen LogP) is 6.97. The summed E-state index contributed by atoms with van der Waals surface area (Å²) < 4.78 is 11.8. The first-order chi connectivity index (χ1) is 16.8. The Labute approximate surface area is 202 Å². The van der Waals surface area contributed by atoms with Gasteiger partial charge in [0, 0.05) is 6.54 Å². The lowest BCUT2D eigenvalue weighted by atomic mass is 9.88. The molecule has 0 spiro atoms. The van der Waals surface area contributed by atoms with Gasteiger partial charge in [0.2, 0.25) is 0 Å². The zero-order chi connectivity index (χ0) is 23.6. The summed E-state index contributed by atoms with van der Waals surface area (Å²) in [6, 6.07) is 37.5. The van der Waals surface area contributed by atoms with Gasteiger partial charge in [-0.2, -0.15) is 0 Å². The smallest absolute Gasteiger partial charge is 0.120 e. The van der Waals surface area contributed by atoms with Crippen LogP contribution in [0.2, 0.25) is 0 Å². The molecule has 0 atom stereocenters. The Morgan fingerprint density at radius 2 is 1.32 bits per heavy atom. The number of rotatable bonds is 10. The fourth-order valence-electron chi connectivity index (χ4n) is 4.06. The van der Waals surface area contributed by atoms with Crippen LogP contribution in [0.15, 0.2) is 109 Å². The predicted molar refractivity (Wildman–Crippen MR) is 141 cm³/mol. The maximum atomic E-state index is 6.15. The third kappa shape index (κ3) is 5.94. The van der Waals surface area contributed by atoms with Gasteiger partial charge >= 0.3 is 0 Å². The fraction of sp³-hybridized carbons (Fsp3) is 0.161. The molecule has 0 aliphatic rings. The molecule has 0 saturated heterocycles. The van der Waals surface area contributed by atoms with Crippen LogP contribution in [0.25, 0.3) is 11.1 Å². The highest BCUT2D eigenvalue weighted by Gasteiger charge is 2.14. The van der Waals surface area contributed by atoms with Gasteiger partial charge in [0.05, 0.1) is 0 Å². The van der Waals surface area contributed by atoms with E-state index in [-0.39, 0.29) is 0 Å². The van der Waals surface area contributed by atoms with Crippen molar-refractivity contribution in [3.63, 3.8) is 0 Å². The number of hydrogen-bond acceptors (Lipinski definition) is 3. The molecule has 0 bridgehead atoms. The van der Waals surface area contributed by atoms with Crippen molar-refractivity contribution < 1.29 is 9.47 Å². The van der Waals surface area contributed by atoms with Crippen molar-refractivity contribution >= 4 is 11.1 Å². The summed E-state index contributed by atoms with van der Waals surface area (Å²) in [5.74, 6) is 1.68. The van der Waals surface area contributed by atoms with Crippen LogP contribution in [-0.2, 0) is 6.61 Å². The summed E-state index contributed by atoms with van der Waals surface area (Å²) in [7, 11) is 0. The molecule has 0 unspecified atom stereocenters. The molecular weight excluding hydrogens is 418 g/mol. The summed E-state index contributed by atoms with van der Waals surface area (Å²) in [4.78, 5) is 0. The molecule has 172 valence electrons. The average Bonchev–Trinajstić information content (AvgIpc) is 2.91. The molecule has 0 aromatic heterocycles. The lowest BCUT2D eigenvalue weighted by molar-refractivity contribution is 0.306. The molecule has 3 heteroatoms. The van der Waals surface area contributed by atoms with Gasteiger partial charge in [-0.25, -0.2) is 0 Å². The van der Waals surface area contributed by atoms with Crippen LogP contribution in [0.1, 0.15) is 35.6 Å². The number of hydrogen-bond donors (Lipinski definition) is 1. The molecule has 4 aromatic rings. The number of benzene rings is 4. The van der Waals surface area contributed by atoms with E-state index in [0.717, 1.165) is 34.6 Å². The molecule has 34 heavy (non-hydrogen) atoms. The molecule has 2 N–H and O–H groups in total. The fourth-order valence-corrected chi connectivity index (χ4v) is 4.06. The maximum Gasteiger partial charge on any atom is 0.120 e. The van der Waals surface area contributed by atoms with E-state index >= 15 is 0 Å². The van der Waals surface area contributed by atoms with Crippen LogP contribution < -0.4 is 15.2 Å². The molecule has 0 saturated carbocycles. The average molecular weight is 450 g/mol. The van der Waals surface area contributed by atoms with Crippen LogP contribution in [0.3, 0.4) is 0 Å². The lowest BCUT2D eigenvalue weighted by Crippen LogP contribution is -2.10. The van der Waals surface area contributed by atoms with E-state index in [1.165, 1.54) is 16.7 Å². The zero-order valence-electron chi connectivity index (χ0n) is 19.6. The standard InChI is InChI=1S/C31H31NO2/c1-2-30(25-12-7-4-8-13-25)31(26-16-18-28(19-17-26)33-21-20-32)27-14-9-15-29(22-27)34-23-24-10-5-3-6-11-24/h3-19,22H,2,20-21,23,32H2,1H3/b31-30+. The third-order valence-electron chi connectivity index (χ3n) is 5.68. The van der Waals surface area contributed by atoms with Crippen molar-refractivity contribution in [2.45, 2.75) is 20.0 Å². The van der Waals surface area contributed by atoms with Gasteiger partial charge in [0.25, 0.3) is 0 Å². The van der Waals surface area contributed by atoms with Gasteiger partial charge in [-0.3, -0.25) is 0 Å². The monoisotopic (exact) mass is 449 g/mol. The van der Waals surface area contributed by atoms with E-state index in [1.807, 2.05) is 36.4 Å². The number of allylic oxidation sites excluding steroid dienone is 1. The topological polar surface area (TPSA) is 44.5 Å². The molecule has 0 amide bonds. The van der Waals surface area contributed by atoms with Crippen molar-refractivity contribution in [2.75, 3.05) is 13.2 Å². The summed E-state index contributed by atoms with van der Waals surface area (Å²) >= 11 is 0. The Balaban J connectivity index is 1.73. The van der Waals surface area contributed by atoms with Gasteiger partial charge < -0.3 is 15.2 Å². The minimum Gasteiger partial charge on any atom is -0.492 e. The van der Waals surface area contributed by atoms with Crippen LogP contribution >= 0.6 is 0 Å². The number of nitrogens with two attached hydrogens (primary N) is 1. The van der Waals surface area contributed by atoms with Gasteiger partial charge in [0.15, 0.2) is 0 Å². The van der Waals surface area contributed by atoms with E-state index in [9.17, 15) is 0 Å². The van der Waals surface area contributed by atoms with Gasteiger partial charge in [0.1, 0.15) is 24.7 Å². The molecular formula is C31H31NO2. The van der Waals surface area contributed by atoms with Crippen LogP contribution in [-0.4, -0.2) is 13.2 Å². The molecule has 0 aliphatic heterocycles. The van der Waals surface area contributed by atoms with Gasteiger partial charge in [-0.1, -0.05) is 91.9 Å². The van der Waals surface area contributed by atoms with Gasteiger partial charge in [-0.15, -0.1) is 0 Å². The molecule has 3 nitrogen and oxygen atoms in total. The highest BCUT2D eigenvalue weighted by Crippen LogP contribution is 2.36. The number of ether oxygens (including phenoxy) is 2. The van der Waals surface area contributed by atoms with Crippen LogP contribution in [0.5, 0.6) is 11.5 Å². The first-order valence-corrected chi connectivity index (χ1v) is 11.8. The zero-order valence-corrected chi connectivity index (χ0v) is 19.6. The SMILES string of the molecule is CC/C(=C(/c1ccc(OCCN)cc1)c1cccc(OCc2ccccc2)c1)c1ccccc1. The van der Waals surface area contributed by atoms with Crippen molar-refractivity contribution in [2.24, 2.45) is 5.73 Å². The largest absolute Gasteiger partial charge is 0.492 e. The van der Waals surface area contributed by atoms with Crippen molar-refractivity contribution in [1.29, 1.82) is 0 Å². The Bertz CT molecular complexity index is 1200. The molecule has 4 aromatic carbocycles. The molecule has 0 aliphatic carbocycles. The van der Waals surface area contributed by atoms with Crippen molar-refractivity contribution in [3.05, 3.63) is 131 Å². The van der Waals surface area contributed by atoms with E-state index in [2.05, 4.69) is 79.7 Å². The molecule has 0 heterocycles. The van der Waals surface area contributed by atoms with Crippen LogP contribution in [0, 0.1) is 0 Å². The summed E-state index contributed by atoms with van der Waals surface area (Å²) in [6.45, 7) is 3.75. The lowest BCUT2D eigenvalue weighted by Gasteiger charge is -2.18. The highest BCUT2D eigenvalue weighted by molar-refractivity contribution is 5.98. The Morgan fingerprint density at radius 1 is 0.647 bits per heavy atom. The molecule has 0 fully saturated rings. The quantitative estimate of drug-likeness (QED) is 0.266. The summed E-state index contributed by atoms with van der Waals surface area (Å²) in [5.41, 5.74) is 12.7. The van der Waals surface area contributed by atoms with E-state index in [1.54, 1.807) is 0 Å². The van der Waals surface area contributed by atoms with Crippen LogP contribution in [0.4, 0.5) is 0 Å². The molecule has 4 rings (SSSR count). The Hall–Kier alpha value is -3.82. The van der Waals surface area contributed by atoms with Crippen molar-refractivity contribution in [3.8, 4) is 11.5 Å². The first-order valence-electron chi connectivity index (χ1n) is 11.8. The molecule has 0 radical (unpaired) electrons. The highest BCUT2D eigenvalue weighted by atomic mass is 16.5. The van der Waals surface area contributed by atoms with E-state index < -0.39 is 0 Å². The minimum absolute atomic E-state index is 0.497. The second kappa shape index (κ2) is 11.9. The summed E-state index contributed by atoms with van der Waals surface area (Å²) in [6.07, 6.45) is 0.903. The van der Waals surface area contributed by atoms with Gasteiger partial charge in [-0.05, 0) is 64.1 Å². The Morgan fingerprint density at radius 3 is 2.00 bits per heavy atom. The second-order valence-electron chi connectivity index (χ2n) is 8.04. The van der Waals surface area contributed by atoms with E-state index in [0.29, 0.717) is 19.8 Å². The third-order valence-corrected chi connectivity index (χ3v) is 5.68. The van der Waals surface area contributed by atoms with Crippen molar-refractivity contribution in [1.82, 2.24) is 0 Å². The second-order valence-corrected chi connectivity index (χ2v) is 8.04. The maximum absolute atomic E-state index is 6.15. The normalized spacial score (nSPS) is 11.6. The first kappa shape index (κ1) is 23.3.